The summed E-state index contributed by atoms with van der Waals surface area (Å²) in [5.74, 6) is -0.0632. The van der Waals surface area contributed by atoms with Crippen LogP contribution in [0, 0.1) is 13.8 Å². The molecular weight excluding hydrogens is 520 g/mol. The third-order valence-electron chi connectivity index (χ3n) is 6.12. The highest BCUT2D eigenvalue weighted by Crippen LogP contribution is 2.37. The van der Waals surface area contributed by atoms with E-state index in [1.807, 2.05) is 75.4 Å². The summed E-state index contributed by atoms with van der Waals surface area (Å²) in [6.45, 7) is 10.2. The van der Waals surface area contributed by atoms with Crippen molar-refractivity contribution in [2.24, 2.45) is 0 Å². The van der Waals surface area contributed by atoms with Crippen LogP contribution in [0.15, 0.2) is 75.9 Å². The molecule has 0 radical (unpaired) electrons. The minimum Gasteiger partial charge on any atom is -0.494 e. The maximum Gasteiger partial charge on any atom is 0.340 e. The lowest BCUT2D eigenvalue weighted by Gasteiger charge is -2.18. The second-order valence-corrected chi connectivity index (χ2v) is 9.36. The van der Waals surface area contributed by atoms with Gasteiger partial charge in [-0.15, -0.1) is 0 Å². The van der Waals surface area contributed by atoms with Crippen LogP contribution >= 0.6 is 15.9 Å². The van der Waals surface area contributed by atoms with Crippen LogP contribution in [0.2, 0.25) is 0 Å². The van der Waals surface area contributed by atoms with Crippen LogP contribution in [-0.4, -0.2) is 29.7 Å². The van der Waals surface area contributed by atoms with Gasteiger partial charge in [-0.1, -0.05) is 22.0 Å². The average molecular weight is 549 g/mol. The van der Waals surface area contributed by atoms with Crippen molar-refractivity contribution in [3.63, 3.8) is 0 Å². The van der Waals surface area contributed by atoms with Gasteiger partial charge in [0.1, 0.15) is 5.75 Å². The lowest BCUT2D eigenvalue weighted by atomic mass is 10.0. The van der Waals surface area contributed by atoms with Crippen LogP contribution < -0.4 is 9.64 Å². The normalized spacial score (nSPS) is 14.7. The molecule has 1 aromatic heterocycles. The number of amides is 1. The number of allylic oxidation sites excluding steroid dienone is 1. The van der Waals surface area contributed by atoms with Gasteiger partial charge in [-0.3, -0.25) is 9.69 Å². The second-order valence-electron chi connectivity index (χ2n) is 8.45. The first-order valence-electron chi connectivity index (χ1n) is 11.9. The SMILES string of the molecule is CCOC(=O)C1=C(C)N(c2ccc(OCC)cc2)C(=O)/C1=C\c1cc(C)n(-c2cccc(Br)c2)c1C. The number of aromatic nitrogens is 1. The minimum atomic E-state index is -0.510. The lowest BCUT2D eigenvalue weighted by Crippen LogP contribution is -2.24. The molecule has 1 aliphatic heterocycles. The Morgan fingerprint density at radius 1 is 0.972 bits per heavy atom. The highest BCUT2D eigenvalue weighted by atomic mass is 79.9. The molecule has 0 spiro atoms. The van der Waals surface area contributed by atoms with Gasteiger partial charge >= 0.3 is 5.97 Å². The van der Waals surface area contributed by atoms with Crippen LogP contribution in [0.1, 0.15) is 37.7 Å². The smallest absolute Gasteiger partial charge is 0.340 e. The zero-order chi connectivity index (χ0) is 26.0. The fourth-order valence-corrected chi connectivity index (χ4v) is 4.94. The molecule has 0 bridgehead atoms. The van der Waals surface area contributed by atoms with E-state index in [9.17, 15) is 9.59 Å². The standard InChI is InChI=1S/C29H29BrN2O4/c1-6-35-25-13-11-23(12-14-25)32-20(5)27(29(34)36-7-2)26(28(32)33)16-21-15-18(3)31(19(21)4)24-10-8-9-22(30)17-24/h8-17H,6-7H2,1-5H3/b26-16-. The van der Waals surface area contributed by atoms with Crippen LogP contribution in [-0.2, 0) is 14.3 Å². The molecular formula is C29H29BrN2O4. The van der Waals surface area contributed by atoms with Gasteiger partial charge in [-0.2, -0.15) is 0 Å². The summed E-state index contributed by atoms with van der Waals surface area (Å²) < 4.78 is 14.0. The lowest BCUT2D eigenvalue weighted by molar-refractivity contribution is -0.138. The predicted octanol–water partition coefficient (Wildman–Crippen LogP) is 6.52. The van der Waals surface area contributed by atoms with E-state index >= 15 is 0 Å². The summed E-state index contributed by atoms with van der Waals surface area (Å²) in [7, 11) is 0. The molecule has 0 saturated carbocycles. The summed E-state index contributed by atoms with van der Waals surface area (Å²) in [6.07, 6.45) is 1.80. The van der Waals surface area contributed by atoms with Crippen molar-refractivity contribution in [3.8, 4) is 11.4 Å². The third-order valence-corrected chi connectivity index (χ3v) is 6.62. The quantitative estimate of drug-likeness (QED) is 0.249. The first-order chi connectivity index (χ1) is 17.3. The molecule has 4 rings (SSSR count). The third kappa shape index (κ3) is 4.75. The summed E-state index contributed by atoms with van der Waals surface area (Å²) in [4.78, 5) is 28.3. The number of carbonyl (C=O) groups is 2. The molecule has 0 unspecified atom stereocenters. The molecule has 6 nitrogen and oxygen atoms in total. The van der Waals surface area contributed by atoms with Crippen molar-refractivity contribution >= 4 is 39.6 Å². The number of halogens is 1. The van der Waals surface area contributed by atoms with E-state index in [1.165, 1.54) is 0 Å². The number of carbonyl (C=O) groups excluding carboxylic acids is 2. The van der Waals surface area contributed by atoms with Gasteiger partial charge in [-0.05, 0) is 94.8 Å². The van der Waals surface area contributed by atoms with Gasteiger partial charge in [0, 0.05) is 32.9 Å². The van der Waals surface area contributed by atoms with Gasteiger partial charge in [0.2, 0.25) is 0 Å². The van der Waals surface area contributed by atoms with Crippen molar-refractivity contribution < 1.29 is 19.1 Å². The number of rotatable bonds is 7. The fraction of sp³-hybridized carbons (Fsp3) is 0.241. The van der Waals surface area contributed by atoms with Crippen molar-refractivity contribution in [1.82, 2.24) is 4.57 Å². The highest BCUT2D eigenvalue weighted by Gasteiger charge is 2.38. The first-order valence-corrected chi connectivity index (χ1v) is 12.7. The van der Waals surface area contributed by atoms with E-state index in [2.05, 4.69) is 20.5 Å². The van der Waals surface area contributed by atoms with Gasteiger partial charge in [0.05, 0.1) is 24.4 Å². The maximum atomic E-state index is 13.7. The van der Waals surface area contributed by atoms with Crippen LogP contribution in [0.4, 0.5) is 5.69 Å². The Hall–Kier alpha value is -3.58. The molecule has 0 fully saturated rings. The van der Waals surface area contributed by atoms with Crippen LogP contribution in [0.3, 0.4) is 0 Å². The number of anilines is 1. The van der Waals surface area contributed by atoms with Gasteiger partial charge in [0.15, 0.2) is 0 Å². The number of nitrogens with zero attached hydrogens (tertiary/aromatic N) is 2. The molecule has 7 heteroatoms. The number of hydrogen-bond donors (Lipinski definition) is 0. The van der Waals surface area contributed by atoms with Crippen molar-refractivity contribution in [1.29, 1.82) is 0 Å². The molecule has 186 valence electrons. The number of aryl methyl sites for hydroxylation is 1. The molecule has 2 heterocycles. The maximum absolute atomic E-state index is 13.7. The van der Waals surface area contributed by atoms with E-state index in [4.69, 9.17) is 9.47 Å². The molecule has 1 amide bonds. The predicted molar refractivity (Wildman–Crippen MR) is 145 cm³/mol. The summed E-state index contributed by atoms with van der Waals surface area (Å²) in [5, 5.41) is 0. The number of esters is 1. The molecule has 0 atom stereocenters. The zero-order valence-corrected chi connectivity index (χ0v) is 22.7. The molecule has 0 aliphatic carbocycles. The van der Waals surface area contributed by atoms with Crippen LogP contribution in [0.25, 0.3) is 11.8 Å². The minimum absolute atomic E-state index is 0.220. The number of hydrogen-bond acceptors (Lipinski definition) is 4. The second kappa shape index (κ2) is 10.6. The van der Waals surface area contributed by atoms with Crippen molar-refractivity contribution in [3.05, 3.63) is 92.9 Å². The van der Waals surface area contributed by atoms with Crippen molar-refractivity contribution in [2.45, 2.75) is 34.6 Å². The van der Waals surface area contributed by atoms with E-state index in [-0.39, 0.29) is 18.1 Å². The Kier molecular flexibility index (Phi) is 7.50. The zero-order valence-electron chi connectivity index (χ0n) is 21.1. The molecule has 3 aromatic rings. The van der Waals surface area contributed by atoms with Crippen LogP contribution in [0.5, 0.6) is 5.75 Å². The van der Waals surface area contributed by atoms with Crippen molar-refractivity contribution in [2.75, 3.05) is 18.1 Å². The largest absolute Gasteiger partial charge is 0.494 e. The van der Waals surface area contributed by atoms with Gasteiger partial charge in [0.25, 0.3) is 5.91 Å². The Morgan fingerprint density at radius 2 is 1.69 bits per heavy atom. The summed E-state index contributed by atoms with van der Waals surface area (Å²) >= 11 is 3.54. The summed E-state index contributed by atoms with van der Waals surface area (Å²) in [6, 6.07) is 17.3. The Morgan fingerprint density at radius 3 is 2.33 bits per heavy atom. The molecule has 36 heavy (non-hydrogen) atoms. The van der Waals surface area contributed by atoms with E-state index in [0.717, 1.165) is 32.9 Å². The Bertz CT molecular complexity index is 1380. The Labute approximate surface area is 220 Å². The highest BCUT2D eigenvalue weighted by molar-refractivity contribution is 9.10. The van der Waals surface area contributed by atoms with E-state index < -0.39 is 5.97 Å². The van der Waals surface area contributed by atoms with Gasteiger partial charge < -0.3 is 14.0 Å². The topological polar surface area (TPSA) is 60.8 Å². The fourth-order valence-electron chi connectivity index (χ4n) is 4.55. The monoisotopic (exact) mass is 548 g/mol. The molecule has 0 saturated heterocycles. The summed E-state index contributed by atoms with van der Waals surface area (Å²) in [5.41, 5.74) is 5.64. The average Bonchev–Trinajstić information content (AvgIpc) is 3.26. The molecule has 0 N–H and O–H groups in total. The van der Waals surface area contributed by atoms with E-state index in [0.29, 0.717) is 23.6 Å². The number of benzene rings is 2. The molecule has 1 aliphatic rings. The number of ether oxygens (including phenoxy) is 2. The van der Waals surface area contributed by atoms with E-state index in [1.54, 1.807) is 24.8 Å². The Balaban J connectivity index is 1.81. The first kappa shape index (κ1) is 25.5. The van der Waals surface area contributed by atoms with Gasteiger partial charge in [-0.25, -0.2) is 4.79 Å². The molecule has 2 aromatic carbocycles.